The average molecular weight is 304 g/mol. The van der Waals surface area contributed by atoms with Crippen LogP contribution >= 0.6 is 0 Å². The van der Waals surface area contributed by atoms with Gasteiger partial charge in [-0.25, -0.2) is 4.79 Å². The van der Waals surface area contributed by atoms with E-state index < -0.39 is 23.4 Å². The van der Waals surface area contributed by atoms with Crippen LogP contribution in [0.3, 0.4) is 0 Å². The fourth-order valence-corrected chi connectivity index (χ4v) is 2.21. The van der Waals surface area contributed by atoms with Crippen LogP contribution in [0.4, 0.5) is 4.79 Å². The van der Waals surface area contributed by atoms with Crippen LogP contribution in [0.25, 0.3) is 0 Å². The van der Waals surface area contributed by atoms with Gasteiger partial charge in [0.15, 0.2) is 0 Å². The molecule has 1 fully saturated rings. The lowest BCUT2D eigenvalue weighted by molar-refractivity contribution is -0.134. The van der Waals surface area contributed by atoms with Gasteiger partial charge in [-0.1, -0.05) is 6.07 Å². The molecule has 0 aromatic carbocycles. The normalized spacial score (nSPS) is 18.1. The van der Waals surface area contributed by atoms with E-state index in [4.69, 9.17) is 0 Å². The minimum Gasteiger partial charge on any atom is -0.348 e. The van der Waals surface area contributed by atoms with E-state index in [-0.39, 0.29) is 12.6 Å². The Labute approximate surface area is 129 Å². The number of carbonyl (C=O) groups excluding carboxylic acids is 3. The van der Waals surface area contributed by atoms with E-state index in [0.717, 1.165) is 16.2 Å². The molecule has 1 atom stereocenters. The molecule has 0 bridgehead atoms. The van der Waals surface area contributed by atoms with Gasteiger partial charge in [0, 0.05) is 11.9 Å². The number of nitrogens with one attached hydrogen (secondary N) is 2. The first-order chi connectivity index (χ1) is 10.2. The summed E-state index contributed by atoms with van der Waals surface area (Å²) in [5, 5.41) is 5.30. The number of carbonyl (C=O) groups is 3. The SMILES string of the molecule is Cc1ccc(C(C)NC(=O)CN2C(=O)NC(C)(C)C2=O)cn1. The van der Waals surface area contributed by atoms with Gasteiger partial charge in [-0.15, -0.1) is 0 Å². The molecule has 22 heavy (non-hydrogen) atoms. The van der Waals surface area contributed by atoms with E-state index in [0.29, 0.717) is 0 Å². The summed E-state index contributed by atoms with van der Waals surface area (Å²) in [7, 11) is 0. The van der Waals surface area contributed by atoms with Crippen molar-refractivity contribution in [3.8, 4) is 0 Å². The predicted octanol–water partition coefficient (Wildman–Crippen LogP) is 0.898. The standard InChI is InChI=1S/C15H20N4O3/c1-9-5-6-11(7-16-9)10(2)17-12(20)8-19-13(21)15(3,4)18-14(19)22/h5-7,10H,8H2,1-4H3,(H,17,20)(H,18,22). The van der Waals surface area contributed by atoms with Crippen molar-refractivity contribution in [3.05, 3.63) is 29.6 Å². The highest BCUT2D eigenvalue weighted by Crippen LogP contribution is 2.16. The highest BCUT2D eigenvalue weighted by atomic mass is 16.2. The zero-order chi connectivity index (χ0) is 16.5. The van der Waals surface area contributed by atoms with E-state index in [9.17, 15) is 14.4 Å². The van der Waals surface area contributed by atoms with Crippen LogP contribution in [0.15, 0.2) is 18.3 Å². The van der Waals surface area contributed by atoms with Crippen molar-refractivity contribution in [2.75, 3.05) is 6.54 Å². The Kier molecular flexibility index (Phi) is 4.16. The van der Waals surface area contributed by atoms with Crippen LogP contribution in [0.2, 0.25) is 0 Å². The lowest BCUT2D eigenvalue weighted by Crippen LogP contribution is -2.43. The topological polar surface area (TPSA) is 91.4 Å². The van der Waals surface area contributed by atoms with Crippen molar-refractivity contribution in [2.24, 2.45) is 0 Å². The molecule has 0 radical (unpaired) electrons. The van der Waals surface area contributed by atoms with E-state index in [1.54, 1.807) is 20.0 Å². The maximum absolute atomic E-state index is 12.0. The Morgan fingerprint density at radius 3 is 2.59 bits per heavy atom. The molecule has 7 heteroatoms. The summed E-state index contributed by atoms with van der Waals surface area (Å²) < 4.78 is 0. The number of amides is 4. The van der Waals surface area contributed by atoms with Crippen LogP contribution in [0.5, 0.6) is 0 Å². The van der Waals surface area contributed by atoms with Crippen LogP contribution in [-0.4, -0.2) is 39.8 Å². The zero-order valence-electron chi connectivity index (χ0n) is 13.1. The summed E-state index contributed by atoms with van der Waals surface area (Å²) in [4.78, 5) is 40.9. The first kappa shape index (κ1) is 15.9. The van der Waals surface area contributed by atoms with Gasteiger partial charge >= 0.3 is 6.03 Å². The zero-order valence-corrected chi connectivity index (χ0v) is 13.1. The first-order valence-electron chi connectivity index (χ1n) is 7.07. The molecule has 0 aliphatic carbocycles. The highest BCUT2D eigenvalue weighted by Gasteiger charge is 2.44. The summed E-state index contributed by atoms with van der Waals surface area (Å²) in [5.41, 5.74) is 0.782. The third-order valence-electron chi connectivity index (χ3n) is 3.56. The van der Waals surface area contributed by atoms with Crippen molar-refractivity contribution in [2.45, 2.75) is 39.3 Å². The molecule has 2 heterocycles. The lowest BCUT2D eigenvalue weighted by atomic mass is 10.1. The van der Waals surface area contributed by atoms with Crippen LogP contribution in [0, 0.1) is 6.92 Å². The number of hydrogen-bond donors (Lipinski definition) is 2. The molecule has 2 N–H and O–H groups in total. The number of aromatic nitrogens is 1. The summed E-state index contributed by atoms with van der Waals surface area (Å²) >= 11 is 0. The Bertz CT molecular complexity index is 610. The van der Waals surface area contributed by atoms with E-state index in [1.165, 1.54) is 0 Å². The van der Waals surface area contributed by atoms with Gasteiger partial charge in [0.05, 0.1) is 6.04 Å². The van der Waals surface area contributed by atoms with Crippen molar-refractivity contribution in [1.29, 1.82) is 0 Å². The number of imide groups is 1. The van der Waals surface area contributed by atoms with Gasteiger partial charge in [0.2, 0.25) is 5.91 Å². The molecule has 4 amide bonds. The number of pyridine rings is 1. The minimum absolute atomic E-state index is 0.255. The number of hydrogen-bond acceptors (Lipinski definition) is 4. The maximum Gasteiger partial charge on any atom is 0.325 e. The second-order valence-corrected chi connectivity index (χ2v) is 5.97. The maximum atomic E-state index is 12.0. The summed E-state index contributed by atoms with van der Waals surface area (Å²) in [6, 6.07) is 2.94. The van der Waals surface area contributed by atoms with Crippen LogP contribution in [-0.2, 0) is 9.59 Å². The van der Waals surface area contributed by atoms with Crippen molar-refractivity contribution < 1.29 is 14.4 Å². The van der Waals surface area contributed by atoms with Gasteiger partial charge in [-0.3, -0.25) is 19.5 Å². The predicted molar refractivity (Wildman–Crippen MR) is 79.9 cm³/mol. The number of nitrogens with zero attached hydrogens (tertiary/aromatic N) is 2. The van der Waals surface area contributed by atoms with Gasteiger partial charge in [0.25, 0.3) is 5.91 Å². The van der Waals surface area contributed by atoms with Crippen molar-refractivity contribution in [1.82, 2.24) is 20.5 Å². The number of aryl methyl sites for hydroxylation is 1. The first-order valence-corrected chi connectivity index (χ1v) is 7.07. The Balaban J connectivity index is 1.97. The third kappa shape index (κ3) is 3.24. The van der Waals surface area contributed by atoms with E-state index in [2.05, 4.69) is 15.6 Å². The number of urea groups is 1. The van der Waals surface area contributed by atoms with Crippen molar-refractivity contribution >= 4 is 17.8 Å². The molecule has 1 aliphatic rings. The highest BCUT2D eigenvalue weighted by molar-refractivity contribution is 6.08. The summed E-state index contributed by atoms with van der Waals surface area (Å²) in [5.74, 6) is -0.799. The van der Waals surface area contributed by atoms with Crippen LogP contribution < -0.4 is 10.6 Å². The van der Waals surface area contributed by atoms with Gasteiger partial charge in [0.1, 0.15) is 12.1 Å². The average Bonchev–Trinajstić information content (AvgIpc) is 2.61. The van der Waals surface area contributed by atoms with Gasteiger partial charge in [-0.05, 0) is 39.3 Å². The molecular weight excluding hydrogens is 284 g/mol. The largest absolute Gasteiger partial charge is 0.348 e. The molecular formula is C15H20N4O3. The summed E-state index contributed by atoms with van der Waals surface area (Å²) in [6.45, 7) is 6.61. The molecule has 1 aliphatic heterocycles. The molecule has 2 rings (SSSR count). The fourth-order valence-electron chi connectivity index (χ4n) is 2.21. The molecule has 7 nitrogen and oxygen atoms in total. The molecule has 118 valence electrons. The fraction of sp³-hybridized carbons (Fsp3) is 0.467. The second-order valence-electron chi connectivity index (χ2n) is 5.97. The molecule has 1 saturated heterocycles. The van der Waals surface area contributed by atoms with Crippen LogP contribution in [0.1, 0.15) is 38.1 Å². The third-order valence-corrected chi connectivity index (χ3v) is 3.56. The van der Waals surface area contributed by atoms with Gasteiger partial charge in [-0.2, -0.15) is 0 Å². The smallest absolute Gasteiger partial charge is 0.325 e. The second kappa shape index (κ2) is 5.75. The van der Waals surface area contributed by atoms with E-state index >= 15 is 0 Å². The minimum atomic E-state index is -0.968. The molecule has 0 spiro atoms. The molecule has 1 aromatic heterocycles. The molecule has 1 aromatic rings. The number of rotatable bonds is 4. The molecule has 1 unspecified atom stereocenters. The lowest BCUT2D eigenvalue weighted by Gasteiger charge is -2.18. The molecule has 0 saturated carbocycles. The quantitative estimate of drug-likeness (QED) is 0.808. The Morgan fingerprint density at radius 1 is 1.41 bits per heavy atom. The van der Waals surface area contributed by atoms with E-state index in [1.807, 2.05) is 26.0 Å². The Morgan fingerprint density at radius 2 is 2.09 bits per heavy atom. The van der Waals surface area contributed by atoms with Crippen molar-refractivity contribution in [3.63, 3.8) is 0 Å². The summed E-state index contributed by atoms with van der Waals surface area (Å²) in [6.07, 6.45) is 1.69. The Hall–Kier alpha value is -2.44. The van der Waals surface area contributed by atoms with Gasteiger partial charge < -0.3 is 10.6 Å². The monoisotopic (exact) mass is 304 g/mol.